The molecule has 0 saturated heterocycles. The maximum atomic E-state index is 13.9. The highest BCUT2D eigenvalue weighted by Gasteiger charge is 2.25. The van der Waals surface area contributed by atoms with Crippen LogP contribution in [0.15, 0.2) is 54.9 Å². The number of nitrogens with zero attached hydrogens (tertiary/aromatic N) is 4. The zero-order chi connectivity index (χ0) is 32.1. The molecule has 232 valence electrons. The Morgan fingerprint density at radius 1 is 1.09 bits per heavy atom. The van der Waals surface area contributed by atoms with Crippen LogP contribution in [0, 0.1) is 12.7 Å². The molecule has 3 aromatic rings. The van der Waals surface area contributed by atoms with Crippen LogP contribution in [0.4, 0.5) is 4.39 Å². The molecule has 11 heteroatoms. The number of aliphatic carboxylic acids is 1. The zero-order valence-electron chi connectivity index (χ0n) is 25.3. The summed E-state index contributed by atoms with van der Waals surface area (Å²) in [7, 11) is 5.45. The number of hydrazine groups is 1. The number of rotatable bonds is 11. The number of carbonyl (C=O) groups excluding carboxylic acids is 1. The number of aryl methyl sites for hydroxylation is 2. The van der Waals surface area contributed by atoms with E-state index in [1.165, 1.54) is 18.2 Å². The van der Waals surface area contributed by atoms with Crippen LogP contribution in [0.25, 0.3) is 28.5 Å². The van der Waals surface area contributed by atoms with E-state index in [1.54, 1.807) is 41.3 Å². The van der Waals surface area contributed by atoms with E-state index in [0.717, 1.165) is 45.6 Å². The number of carboxylic acids is 1. The van der Waals surface area contributed by atoms with Gasteiger partial charge in [-0.1, -0.05) is 30.9 Å². The van der Waals surface area contributed by atoms with Gasteiger partial charge in [0.05, 0.1) is 30.0 Å². The van der Waals surface area contributed by atoms with Gasteiger partial charge >= 0.3 is 5.97 Å². The van der Waals surface area contributed by atoms with Crippen LogP contribution < -0.4 is 5.32 Å². The monoisotopic (exact) mass is 603 g/mol. The summed E-state index contributed by atoms with van der Waals surface area (Å²) >= 11 is 0. The second-order valence-corrected chi connectivity index (χ2v) is 11.0. The molecule has 0 fully saturated rings. The maximum absolute atomic E-state index is 13.9. The fourth-order valence-corrected chi connectivity index (χ4v) is 5.21. The van der Waals surface area contributed by atoms with Crippen molar-refractivity contribution in [2.75, 3.05) is 21.1 Å². The lowest BCUT2D eigenvalue weighted by atomic mass is 9.89. The topological polar surface area (TPSA) is 139 Å². The molecule has 10 nitrogen and oxygen atoms in total. The third-order valence-electron chi connectivity index (χ3n) is 7.62. The molecule has 1 aromatic carbocycles. The van der Waals surface area contributed by atoms with Crippen LogP contribution in [-0.4, -0.2) is 80.5 Å². The zero-order valence-corrected chi connectivity index (χ0v) is 25.3. The lowest BCUT2D eigenvalue weighted by Gasteiger charge is -2.28. The third-order valence-corrected chi connectivity index (χ3v) is 7.62. The number of nitrogens with one attached hydrogen (secondary N) is 1. The van der Waals surface area contributed by atoms with Gasteiger partial charge in [-0.05, 0) is 67.1 Å². The van der Waals surface area contributed by atoms with E-state index in [2.05, 4.69) is 11.9 Å². The van der Waals surface area contributed by atoms with Gasteiger partial charge in [0, 0.05) is 44.4 Å². The summed E-state index contributed by atoms with van der Waals surface area (Å²) < 4.78 is 13.9. The first-order valence-corrected chi connectivity index (χ1v) is 14.3. The maximum Gasteiger partial charge on any atom is 0.305 e. The number of hydrogen-bond donors (Lipinski definition) is 4. The van der Waals surface area contributed by atoms with Crippen molar-refractivity contribution in [1.29, 1.82) is 0 Å². The highest BCUT2D eigenvalue weighted by molar-refractivity contribution is 5.94. The molecule has 44 heavy (non-hydrogen) atoms. The van der Waals surface area contributed by atoms with Crippen LogP contribution in [0.1, 0.15) is 52.3 Å². The average molecular weight is 604 g/mol. The van der Waals surface area contributed by atoms with E-state index in [-0.39, 0.29) is 23.8 Å². The summed E-state index contributed by atoms with van der Waals surface area (Å²) in [5.74, 6) is -1.49. The molecular formula is C33H38FN5O5. The number of pyridine rings is 2. The van der Waals surface area contributed by atoms with Gasteiger partial charge in [0.1, 0.15) is 17.3 Å². The number of benzene rings is 1. The number of aliphatic hydroxyl groups is 2. The summed E-state index contributed by atoms with van der Waals surface area (Å²) in [6.07, 6.45) is 2.30. The number of aliphatic hydroxyl groups excluding tert-OH is 2. The Balaban J connectivity index is 1.76. The summed E-state index contributed by atoms with van der Waals surface area (Å²) in [5.41, 5.74) is 6.43. The van der Waals surface area contributed by atoms with Crippen LogP contribution in [0.2, 0.25) is 0 Å². The molecular weight excluding hydrogens is 565 g/mol. The van der Waals surface area contributed by atoms with Crippen molar-refractivity contribution in [3.05, 3.63) is 88.9 Å². The number of carboxylic acid groups (broad SMARTS) is 1. The fourth-order valence-electron chi connectivity index (χ4n) is 5.21. The molecule has 0 aliphatic heterocycles. The molecule has 4 N–H and O–H groups in total. The minimum Gasteiger partial charge on any atom is -0.481 e. The minimum absolute atomic E-state index is 0.139. The minimum atomic E-state index is -1.20. The first-order valence-electron chi connectivity index (χ1n) is 14.3. The quantitative estimate of drug-likeness (QED) is 0.240. The van der Waals surface area contributed by atoms with E-state index in [0.29, 0.717) is 24.4 Å². The van der Waals surface area contributed by atoms with Crippen molar-refractivity contribution in [2.45, 2.75) is 51.2 Å². The van der Waals surface area contributed by atoms with Crippen LogP contribution in [-0.2, 0) is 17.6 Å². The van der Waals surface area contributed by atoms with Crippen molar-refractivity contribution in [2.24, 2.45) is 0 Å². The summed E-state index contributed by atoms with van der Waals surface area (Å²) in [6.45, 7) is 5.76. The Morgan fingerprint density at radius 2 is 1.80 bits per heavy atom. The first-order chi connectivity index (χ1) is 20.8. The molecule has 0 saturated carbocycles. The van der Waals surface area contributed by atoms with Crippen molar-refractivity contribution in [3.8, 4) is 22.4 Å². The van der Waals surface area contributed by atoms with E-state index >= 15 is 0 Å². The highest BCUT2D eigenvalue weighted by atomic mass is 19.1. The van der Waals surface area contributed by atoms with Gasteiger partial charge in [-0.15, -0.1) is 0 Å². The van der Waals surface area contributed by atoms with Gasteiger partial charge in [-0.2, -0.15) is 0 Å². The number of fused-ring (bicyclic) bond motifs is 3. The largest absolute Gasteiger partial charge is 0.481 e. The average Bonchev–Trinajstić information content (AvgIpc) is 3.14. The normalized spacial score (nSPS) is 14.0. The molecule has 2 aromatic heterocycles. The standard InChI is InChI=1S/C33H38FN5O5/c1-19-25(14-13-23(40)17-24(41)18-30(42)43)31(21-9-11-22(34)12-10-21)27-7-6-8-28-26(32(27)35-19)15-16-29(37-28)33(44)36-20(2)39(5)38(3)4/h9-16,23-24,40-41H,2,6-8,17-18H2,1,3-5H3,(H,36,44)(H,42,43)/b14-13+/t23-,24-/m1/s1. The number of hydrogen-bond acceptors (Lipinski definition) is 8. The van der Waals surface area contributed by atoms with Crippen molar-refractivity contribution in [3.63, 3.8) is 0 Å². The molecule has 4 rings (SSSR count). The fraction of sp³-hybridized carbons (Fsp3) is 0.333. The number of aromatic nitrogens is 2. The Labute approximate surface area is 256 Å². The van der Waals surface area contributed by atoms with Gasteiger partial charge in [0.15, 0.2) is 0 Å². The number of carbonyl (C=O) groups is 2. The molecule has 2 heterocycles. The highest BCUT2D eigenvalue weighted by Crippen LogP contribution is 2.40. The molecule has 1 aliphatic rings. The Morgan fingerprint density at radius 3 is 2.45 bits per heavy atom. The molecule has 1 aliphatic carbocycles. The second-order valence-electron chi connectivity index (χ2n) is 11.0. The van der Waals surface area contributed by atoms with E-state index in [9.17, 15) is 24.2 Å². The Kier molecular flexibility index (Phi) is 10.3. The summed E-state index contributed by atoms with van der Waals surface area (Å²) in [5, 5.41) is 35.7. The molecule has 0 radical (unpaired) electrons. The van der Waals surface area contributed by atoms with Gasteiger partial charge in [-0.3, -0.25) is 19.6 Å². The third kappa shape index (κ3) is 7.54. The van der Waals surface area contributed by atoms with Gasteiger partial charge in [0.25, 0.3) is 5.91 Å². The van der Waals surface area contributed by atoms with Crippen LogP contribution in [0.3, 0.4) is 0 Å². The van der Waals surface area contributed by atoms with Gasteiger partial charge in [-0.25, -0.2) is 14.4 Å². The molecule has 0 spiro atoms. The van der Waals surface area contributed by atoms with Crippen LogP contribution in [0.5, 0.6) is 0 Å². The molecule has 0 bridgehead atoms. The SMILES string of the molecule is C=C(NC(=O)c1ccc2c(n1)CCCc1c-2nc(C)c(/C=C/[C@@H](O)C[C@@H](O)CC(=O)O)c1-c1ccc(F)cc1)N(C)N(C)C. The second kappa shape index (κ2) is 13.9. The lowest BCUT2D eigenvalue weighted by Crippen LogP contribution is -2.40. The van der Waals surface area contributed by atoms with Crippen LogP contribution >= 0.6 is 0 Å². The van der Waals surface area contributed by atoms with E-state index in [1.807, 2.05) is 27.1 Å². The number of halogens is 1. The number of amides is 1. The lowest BCUT2D eigenvalue weighted by molar-refractivity contribution is -0.139. The summed E-state index contributed by atoms with van der Waals surface area (Å²) in [4.78, 5) is 33.6. The Bertz CT molecular complexity index is 1590. The van der Waals surface area contributed by atoms with Gasteiger partial charge < -0.3 is 20.6 Å². The van der Waals surface area contributed by atoms with Crippen molar-refractivity contribution < 1.29 is 29.3 Å². The smallest absolute Gasteiger partial charge is 0.305 e. The molecule has 0 unspecified atom stereocenters. The van der Waals surface area contributed by atoms with Gasteiger partial charge in [0.2, 0.25) is 0 Å². The molecule has 2 atom stereocenters. The van der Waals surface area contributed by atoms with Crippen molar-refractivity contribution in [1.82, 2.24) is 25.3 Å². The molecule has 1 amide bonds. The predicted octanol–water partition coefficient (Wildman–Crippen LogP) is 3.96. The first kappa shape index (κ1) is 32.5. The van der Waals surface area contributed by atoms with Crippen molar-refractivity contribution >= 4 is 18.0 Å². The predicted molar refractivity (Wildman–Crippen MR) is 166 cm³/mol. The van der Waals surface area contributed by atoms with E-state index in [4.69, 9.17) is 15.1 Å². The van der Waals surface area contributed by atoms with E-state index < -0.39 is 24.6 Å². The summed E-state index contributed by atoms with van der Waals surface area (Å²) in [6, 6.07) is 9.69. The Hall–Kier alpha value is -4.45.